The van der Waals surface area contributed by atoms with Gasteiger partial charge in [0.15, 0.2) is 5.96 Å². The topological polar surface area (TPSA) is 77.0 Å². The Kier molecular flexibility index (Phi) is 6.91. The first-order chi connectivity index (χ1) is 12.6. The molecule has 0 radical (unpaired) electrons. The molecule has 1 unspecified atom stereocenters. The van der Waals surface area contributed by atoms with Crippen LogP contribution in [0.4, 0.5) is 0 Å². The highest BCUT2D eigenvalue weighted by Gasteiger charge is 2.30. The maximum Gasteiger partial charge on any atom is 0.250 e. The molecule has 0 aromatic carbocycles. The molecule has 7 nitrogen and oxygen atoms in total. The fourth-order valence-electron chi connectivity index (χ4n) is 3.59. The maximum atomic E-state index is 12.1. The van der Waals surface area contributed by atoms with E-state index in [1.54, 1.807) is 17.5 Å². The van der Waals surface area contributed by atoms with Crippen molar-refractivity contribution in [2.75, 3.05) is 45.8 Å². The van der Waals surface area contributed by atoms with Gasteiger partial charge in [-0.3, -0.25) is 9.89 Å². The molecule has 3 heterocycles. The van der Waals surface area contributed by atoms with E-state index in [0.717, 1.165) is 25.6 Å². The first-order valence-electron chi connectivity index (χ1n) is 9.40. The van der Waals surface area contributed by atoms with Crippen LogP contribution >= 0.6 is 11.3 Å². The van der Waals surface area contributed by atoms with Crippen molar-refractivity contribution in [2.24, 2.45) is 4.99 Å². The molecule has 2 saturated heterocycles. The Labute approximate surface area is 160 Å². The van der Waals surface area contributed by atoms with E-state index in [9.17, 15) is 8.42 Å². The molecule has 9 heteroatoms. The van der Waals surface area contributed by atoms with Gasteiger partial charge in [-0.1, -0.05) is 6.07 Å². The van der Waals surface area contributed by atoms with Crippen LogP contribution in [-0.4, -0.2) is 76.0 Å². The van der Waals surface area contributed by atoms with Crippen molar-refractivity contribution in [1.29, 1.82) is 0 Å². The molecule has 1 atom stereocenters. The molecule has 146 valence electrons. The van der Waals surface area contributed by atoms with Crippen LogP contribution in [-0.2, 0) is 10.0 Å². The van der Waals surface area contributed by atoms with Crippen LogP contribution in [0.1, 0.15) is 26.2 Å². The number of hydrogen-bond acceptors (Lipinski definition) is 5. The summed E-state index contributed by atoms with van der Waals surface area (Å²) in [6.07, 6.45) is 3.81. The molecule has 0 bridgehead atoms. The lowest BCUT2D eigenvalue weighted by Gasteiger charge is -2.25. The second-order valence-corrected chi connectivity index (χ2v) is 9.64. The third-order valence-corrected chi connectivity index (χ3v) is 7.74. The van der Waals surface area contributed by atoms with Gasteiger partial charge in [0.05, 0.1) is 6.54 Å². The summed E-state index contributed by atoms with van der Waals surface area (Å²) in [6.45, 7) is 8.05. The minimum Gasteiger partial charge on any atom is -0.357 e. The summed E-state index contributed by atoms with van der Waals surface area (Å²) in [4.78, 5) is 9.53. The number of guanidine groups is 1. The monoisotopic (exact) mass is 399 g/mol. The van der Waals surface area contributed by atoms with E-state index in [1.165, 1.54) is 43.7 Å². The lowest BCUT2D eigenvalue weighted by Crippen LogP contribution is -2.43. The number of sulfonamides is 1. The van der Waals surface area contributed by atoms with Gasteiger partial charge >= 0.3 is 0 Å². The number of hydrogen-bond donors (Lipinski definition) is 2. The first-order valence-corrected chi connectivity index (χ1v) is 11.8. The number of rotatable bonds is 7. The Morgan fingerprint density at radius 1 is 1.35 bits per heavy atom. The number of nitrogens with one attached hydrogen (secondary N) is 2. The van der Waals surface area contributed by atoms with E-state index in [0.29, 0.717) is 23.3 Å². The summed E-state index contributed by atoms with van der Waals surface area (Å²) >= 11 is 1.22. The molecule has 0 saturated carbocycles. The molecule has 0 spiro atoms. The van der Waals surface area contributed by atoms with Gasteiger partial charge in [0.1, 0.15) is 4.21 Å². The van der Waals surface area contributed by atoms with E-state index in [4.69, 9.17) is 0 Å². The Hall–Kier alpha value is -1.16. The predicted octanol–water partition coefficient (Wildman–Crippen LogP) is 1.16. The lowest BCUT2D eigenvalue weighted by atomic mass is 10.2. The fourth-order valence-corrected chi connectivity index (χ4v) is 5.65. The van der Waals surface area contributed by atoms with E-state index in [2.05, 4.69) is 31.8 Å². The molecule has 2 aliphatic rings. The Morgan fingerprint density at radius 2 is 2.15 bits per heavy atom. The molecule has 1 aromatic heterocycles. The molecule has 26 heavy (non-hydrogen) atoms. The largest absolute Gasteiger partial charge is 0.357 e. The zero-order valence-corrected chi connectivity index (χ0v) is 17.0. The Balaban J connectivity index is 1.51. The Morgan fingerprint density at radius 3 is 2.85 bits per heavy atom. The highest BCUT2D eigenvalue weighted by Crippen LogP contribution is 2.20. The fraction of sp³-hybridized carbons (Fsp3) is 0.706. The second kappa shape index (κ2) is 9.16. The van der Waals surface area contributed by atoms with Crippen molar-refractivity contribution >= 4 is 27.3 Å². The highest BCUT2D eigenvalue weighted by atomic mass is 32.2. The van der Waals surface area contributed by atoms with Gasteiger partial charge in [-0.05, 0) is 50.7 Å². The van der Waals surface area contributed by atoms with E-state index < -0.39 is 10.0 Å². The molecular weight excluding hydrogens is 370 g/mol. The number of thiophene rings is 1. The molecule has 0 aliphatic carbocycles. The summed E-state index contributed by atoms with van der Waals surface area (Å²) in [5.74, 6) is 0.893. The summed E-state index contributed by atoms with van der Waals surface area (Å²) in [5, 5.41) is 5.11. The van der Waals surface area contributed by atoms with Crippen LogP contribution in [0, 0.1) is 0 Å². The third kappa shape index (κ3) is 4.97. The quantitative estimate of drug-likeness (QED) is 0.409. The highest BCUT2D eigenvalue weighted by molar-refractivity contribution is 7.91. The van der Waals surface area contributed by atoms with E-state index >= 15 is 0 Å². The van der Waals surface area contributed by atoms with Crippen molar-refractivity contribution in [3.05, 3.63) is 17.5 Å². The molecule has 1 aromatic rings. The van der Waals surface area contributed by atoms with Gasteiger partial charge in [0, 0.05) is 32.2 Å². The summed E-state index contributed by atoms with van der Waals surface area (Å²) < 4.78 is 27.2. The number of nitrogens with zero attached hydrogens (tertiary/aromatic N) is 3. The number of aliphatic imine (C=N–C) groups is 1. The minimum absolute atomic E-state index is 0.304. The summed E-state index contributed by atoms with van der Waals surface area (Å²) in [7, 11) is -3.41. The lowest BCUT2D eigenvalue weighted by molar-refractivity contribution is 0.249. The van der Waals surface area contributed by atoms with Gasteiger partial charge in [0.2, 0.25) is 10.0 Å². The van der Waals surface area contributed by atoms with Gasteiger partial charge in [-0.2, -0.15) is 0 Å². The van der Waals surface area contributed by atoms with Crippen LogP contribution in [0.5, 0.6) is 0 Å². The van der Waals surface area contributed by atoms with Gasteiger partial charge in [-0.25, -0.2) is 13.1 Å². The second-order valence-electron chi connectivity index (χ2n) is 6.70. The zero-order chi connectivity index (χ0) is 18.4. The average Bonchev–Trinajstić information content (AvgIpc) is 3.38. The molecular formula is C17H29N5O2S2. The van der Waals surface area contributed by atoms with Gasteiger partial charge in [-0.15, -0.1) is 11.3 Å². The van der Waals surface area contributed by atoms with Crippen molar-refractivity contribution in [3.63, 3.8) is 0 Å². The molecule has 3 rings (SSSR count). The smallest absolute Gasteiger partial charge is 0.250 e. The Bertz CT molecular complexity index is 684. The third-order valence-electron chi connectivity index (χ3n) is 4.88. The van der Waals surface area contributed by atoms with Crippen molar-refractivity contribution < 1.29 is 8.42 Å². The van der Waals surface area contributed by atoms with Crippen LogP contribution in [0.2, 0.25) is 0 Å². The van der Waals surface area contributed by atoms with Crippen LogP contribution in [0.25, 0.3) is 0 Å². The van der Waals surface area contributed by atoms with Gasteiger partial charge < -0.3 is 10.2 Å². The molecule has 2 fully saturated rings. The predicted molar refractivity (Wildman–Crippen MR) is 106 cm³/mol. The normalized spacial score (nSPS) is 22.3. The molecule has 2 aliphatic heterocycles. The molecule has 2 N–H and O–H groups in total. The van der Waals surface area contributed by atoms with Crippen LogP contribution in [0.3, 0.4) is 0 Å². The maximum absolute atomic E-state index is 12.1. The van der Waals surface area contributed by atoms with Crippen molar-refractivity contribution in [3.8, 4) is 0 Å². The zero-order valence-electron chi connectivity index (χ0n) is 15.4. The van der Waals surface area contributed by atoms with E-state index in [1.807, 2.05) is 0 Å². The average molecular weight is 400 g/mol. The summed E-state index contributed by atoms with van der Waals surface area (Å²) in [5.41, 5.74) is 0. The van der Waals surface area contributed by atoms with Gasteiger partial charge in [0.25, 0.3) is 0 Å². The molecule has 0 amide bonds. The number of likely N-dealkylation sites (tertiary alicyclic amines) is 2. The SMILES string of the molecule is CCNC(=NCCNS(=O)(=O)c1cccs1)N1CCC(N2CCCC2)C1. The standard InChI is InChI=1S/C17H29N5O2S2/c1-2-18-17(22-12-7-15(14-22)21-10-3-4-11-21)19-8-9-20-26(23,24)16-6-5-13-25-16/h5-6,13,15,20H,2-4,7-12,14H2,1H3,(H,18,19). The minimum atomic E-state index is -3.41. The summed E-state index contributed by atoms with van der Waals surface area (Å²) in [6, 6.07) is 3.98. The van der Waals surface area contributed by atoms with Crippen molar-refractivity contribution in [1.82, 2.24) is 19.8 Å². The van der Waals surface area contributed by atoms with Crippen LogP contribution < -0.4 is 10.0 Å². The first kappa shape index (κ1) is 19.6. The van der Waals surface area contributed by atoms with E-state index in [-0.39, 0.29) is 0 Å². The van der Waals surface area contributed by atoms with Crippen molar-refractivity contribution in [2.45, 2.75) is 36.4 Å². The van der Waals surface area contributed by atoms with Crippen LogP contribution in [0.15, 0.2) is 26.7 Å².